The largest absolute Gasteiger partial charge is 0.287 e. The molecule has 0 amide bonds. The summed E-state index contributed by atoms with van der Waals surface area (Å²) in [6.45, 7) is 0. The zero-order valence-electron chi connectivity index (χ0n) is 11.5. The van der Waals surface area contributed by atoms with Crippen LogP contribution >= 0.6 is 15.9 Å². The Balaban J connectivity index is 2.15. The second-order valence-electron chi connectivity index (χ2n) is 4.75. The molecule has 106 valence electrons. The lowest BCUT2D eigenvalue weighted by Gasteiger charge is -2.06. The van der Waals surface area contributed by atoms with Crippen LogP contribution in [0.4, 0.5) is 0 Å². The first-order valence-corrected chi connectivity index (χ1v) is 7.47. The molecule has 3 rings (SSSR count). The van der Waals surface area contributed by atoms with Gasteiger partial charge in [-0.1, -0.05) is 58.4 Å². The van der Waals surface area contributed by atoms with Crippen molar-refractivity contribution >= 4 is 21.7 Å². The van der Waals surface area contributed by atoms with E-state index in [2.05, 4.69) is 15.9 Å². The fraction of sp³-hybridized carbons (Fsp3) is 0. The van der Waals surface area contributed by atoms with Crippen LogP contribution in [-0.4, -0.2) is 10.4 Å². The van der Waals surface area contributed by atoms with Gasteiger partial charge in [0.15, 0.2) is 6.19 Å². The first-order valence-electron chi connectivity index (χ1n) is 6.68. The molecule has 1 aromatic heterocycles. The number of carbonyl (C=O) groups is 1. The van der Waals surface area contributed by atoms with Gasteiger partial charge in [0.1, 0.15) is 5.69 Å². The minimum absolute atomic E-state index is 0.162. The summed E-state index contributed by atoms with van der Waals surface area (Å²) in [6, 6.07) is 18.4. The predicted molar refractivity (Wildman–Crippen MR) is 88.5 cm³/mol. The zero-order chi connectivity index (χ0) is 15.5. The van der Waals surface area contributed by atoms with Gasteiger partial charge in [-0.05, 0) is 23.8 Å². The first kappa shape index (κ1) is 14.3. The number of hydrogen-bond acceptors (Lipinski definition) is 2. The van der Waals surface area contributed by atoms with Gasteiger partial charge in [-0.15, -0.1) is 0 Å². The molecular weight excluding hydrogens is 340 g/mol. The Morgan fingerprint density at radius 1 is 1.00 bits per heavy atom. The summed E-state index contributed by atoms with van der Waals surface area (Å²) in [7, 11) is 0. The molecule has 4 heteroatoms. The molecular formula is C18H11BrN2O. The Labute approximate surface area is 136 Å². The SMILES string of the molecule is N#Cn1ccc(-c2ccc(Br)cc2)c1C(=O)c1ccccc1. The predicted octanol–water partition coefficient (Wildman–Crippen LogP) is 4.48. The number of nitrogens with zero attached hydrogens (tertiary/aromatic N) is 2. The third-order valence-corrected chi connectivity index (χ3v) is 3.93. The van der Waals surface area contributed by atoms with E-state index in [-0.39, 0.29) is 5.78 Å². The van der Waals surface area contributed by atoms with E-state index in [4.69, 9.17) is 0 Å². The van der Waals surface area contributed by atoms with E-state index in [1.54, 1.807) is 24.4 Å². The number of nitriles is 1. The maximum absolute atomic E-state index is 12.8. The van der Waals surface area contributed by atoms with Crippen LogP contribution in [0, 0.1) is 11.5 Å². The van der Waals surface area contributed by atoms with Crippen LogP contribution in [0.3, 0.4) is 0 Å². The van der Waals surface area contributed by atoms with Gasteiger partial charge in [-0.3, -0.25) is 9.36 Å². The van der Waals surface area contributed by atoms with Crippen LogP contribution in [0.1, 0.15) is 16.1 Å². The number of ketones is 1. The smallest absolute Gasteiger partial charge is 0.211 e. The number of rotatable bonds is 3. The van der Waals surface area contributed by atoms with Crippen molar-refractivity contribution in [3.63, 3.8) is 0 Å². The number of aromatic nitrogens is 1. The molecule has 0 atom stereocenters. The lowest BCUT2D eigenvalue weighted by atomic mass is 10.0. The second-order valence-corrected chi connectivity index (χ2v) is 5.67. The van der Waals surface area contributed by atoms with Gasteiger partial charge in [0, 0.05) is 21.8 Å². The lowest BCUT2D eigenvalue weighted by Crippen LogP contribution is -2.08. The number of carbonyl (C=O) groups excluding carboxylic acids is 1. The summed E-state index contributed by atoms with van der Waals surface area (Å²) in [4.78, 5) is 12.8. The van der Waals surface area contributed by atoms with Crippen molar-refractivity contribution in [1.82, 2.24) is 4.57 Å². The van der Waals surface area contributed by atoms with E-state index in [0.29, 0.717) is 11.3 Å². The number of hydrogen-bond donors (Lipinski definition) is 0. The summed E-state index contributed by atoms with van der Waals surface area (Å²) in [5.74, 6) is -0.162. The van der Waals surface area contributed by atoms with Crippen LogP contribution in [0.2, 0.25) is 0 Å². The highest BCUT2D eigenvalue weighted by Gasteiger charge is 2.19. The van der Waals surface area contributed by atoms with Crippen LogP contribution in [-0.2, 0) is 0 Å². The number of halogens is 1. The molecule has 1 heterocycles. The van der Waals surface area contributed by atoms with E-state index in [9.17, 15) is 10.1 Å². The fourth-order valence-electron chi connectivity index (χ4n) is 2.34. The third kappa shape index (κ3) is 2.59. The normalized spacial score (nSPS) is 10.2. The first-order chi connectivity index (χ1) is 10.7. The van der Waals surface area contributed by atoms with Gasteiger partial charge in [-0.25, -0.2) is 0 Å². The molecule has 3 aromatic rings. The molecule has 0 N–H and O–H groups in total. The summed E-state index contributed by atoms with van der Waals surface area (Å²) in [6.07, 6.45) is 3.65. The standard InChI is InChI=1S/C18H11BrN2O/c19-15-8-6-13(7-9-15)16-10-11-21(12-20)17(16)18(22)14-4-2-1-3-5-14/h1-11H. The zero-order valence-corrected chi connectivity index (χ0v) is 13.1. The minimum Gasteiger partial charge on any atom is -0.287 e. The van der Waals surface area contributed by atoms with Gasteiger partial charge in [0.25, 0.3) is 0 Å². The second kappa shape index (κ2) is 6.00. The lowest BCUT2D eigenvalue weighted by molar-refractivity contribution is 0.103. The van der Waals surface area contributed by atoms with E-state index >= 15 is 0 Å². The highest BCUT2D eigenvalue weighted by molar-refractivity contribution is 9.10. The van der Waals surface area contributed by atoms with Crippen molar-refractivity contribution in [2.45, 2.75) is 0 Å². The molecule has 0 aliphatic carbocycles. The van der Waals surface area contributed by atoms with E-state index in [1.165, 1.54) is 4.57 Å². The van der Waals surface area contributed by atoms with Gasteiger partial charge < -0.3 is 0 Å². The van der Waals surface area contributed by atoms with Gasteiger partial charge in [-0.2, -0.15) is 5.26 Å². The molecule has 0 saturated carbocycles. The van der Waals surface area contributed by atoms with Crippen molar-refractivity contribution in [2.24, 2.45) is 0 Å². The molecule has 0 spiro atoms. The average Bonchev–Trinajstić information content (AvgIpc) is 2.99. The van der Waals surface area contributed by atoms with Gasteiger partial charge >= 0.3 is 0 Å². The third-order valence-electron chi connectivity index (χ3n) is 3.40. The van der Waals surface area contributed by atoms with Crippen molar-refractivity contribution in [1.29, 1.82) is 5.26 Å². The molecule has 0 radical (unpaired) electrons. The monoisotopic (exact) mass is 350 g/mol. The van der Waals surface area contributed by atoms with Gasteiger partial charge in [0.05, 0.1) is 0 Å². The summed E-state index contributed by atoms with van der Waals surface area (Å²) < 4.78 is 2.28. The Bertz CT molecular complexity index is 858. The van der Waals surface area contributed by atoms with E-state index in [0.717, 1.165) is 15.6 Å². The van der Waals surface area contributed by atoms with Crippen molar-refractivity contribution < 1.29 is 4.79 Å². The number of benzene rings is 2. The van der Waals surface area contributed by atoms with Crippen LogP contribution in [0.5, 0.6) is 0 Å². The summed E-state index contributed by atoms with van der Waals surface area (Å²) in [5.41, 5.74) is 2.60. The molecule has 0 aliphatic rings. The fourth-order valence-corrected chi connectivity index (χ4v) is 2.60. The molecule has 0 unspecified atom stereocenters. The summed E-state index contributed by atoms with van der Waals surface area (Å²) >= 11 is 3.40. The average molecular weight is 351 g/mol. The van der Waals surface area contributed by atoms with E-state index in [1.807, 2.05) is 48.7 Å². The summed E-state index contributed by atoms with van der Waals surface area (Å²) in [5, 5.41) is 9.27. The molecule has 0 saturated heterocycles. The molecule has 0 fully saturated rings. The van der Waals surface area contributed by atoms with Crippen LogP contribution in [0.15, 0.2) is 71.3 Å². The molecule has 2 aromatic carbocycles. The Hall–Kier alpha value is -2.64. The topological polar surface area (TPSA) is 45.8 Å². The Morgan fingerprint density at radius 3 is 2.32 bits per heavy atom. The molecule has 3 nitrogen and oxygen atoms in total. The maximum Gasteiger partial charge on any atom is 0.211 e. The maximum atomic E-state index is 12.8. The molecule has 0 bridgehead atoms. The molecule has 22 heavy (non-hydrogen) atoms. The van der Waals surface area contributed by atoms with Crippen LogP contribution < -0.4 is 0 Å². The van der Waals surface area contributed by atoms with E-state index < -0.39 is 0 Å². The highest BCUT2D eigenvalue weighted by Crippen LogP contribution is 2.28. The van der Waals surface area contributed by atoms with Crippen molar-refractivity contribution in [3.05, 3.63) is 82.6 Å². The highest BCUT2D eigenvalue weighted by atomic mass is 79.9. The van der Waals surface area contributed by atoms with Crippen LogP contribution in [0.25, 0.3) is 11.1 Å². The van der Waals surface area contributed by atoms with Gasteiger partial charge in [0.2, 0.25) is 5.78 Å². The van der Waals surface area contributed by atoms with Crippen molar-refractivity contribution in [3.8, 4) is 17.3 Å². The Kier molecular flexibility index (Phi) is 3.90. The quantitative estimate of drug-likeness (QED) is 0.653. The molecule has 0 aliphatic heterocycles. The van der Waals surface area contributed by atoms with Crippen molar-refractivity contribution in [2.75, 3.05) is 0 Å². The Morgan fingerprint density at radius 2 is 1.68 bits per heavy atom. The minimum atomic E-state index is -0.162.